The van der Waals surface area contributed by atoms with Crippen molar-refractivity contribution in [2.75, 3.05) is 12.3 Å². The van der Waals surface area contributed by atoms with Crippen LogP contribution in [0.3, 0.4) is 0 Å². The number of hydrogen-bond donors (Lipinski definition) is 1. The molecule has 0 bridgehead atoms. The number of rotatable bonds is 3. The highest BCUT2D eigenvalue weighted by molar-refractivity contribution is 8.13. The van der Waals surface area contributed by atoms with Crippen molar-refractivity contribution >= 4 is 22.8 Å². The molecule has 4 nitrogen and oxygen atoms in total. The SMILES string of the molecule is CC(=O)SCC1CC(=O)N(C2CCCC(O)C2)C1. The molecule has 2 aliphatic rings. The smallest absolute Gasteiger partial charge is 0.223 e. The van der Waals surface area contributed by atoms with E-state index in [2.05, 4.69) is 0 Å². The van der Waals surface area contributed by atoms with Crippen molar-refractivity contribution < 1.29 is 14.7 Å². The Kier molecular flexibility index (Phi) is 4.67. The van der Waals surface area contributed by atoms with Gasteiger partial charge in [-0.3, -0.25) is 9.59 Å². The van der Waals surface area contributed by atoms with E-state index in [1.165, 1.54) is 11.8 Å². The van der Waals surface area contributed by atoms with E-state index in [9.17, 15) is 14.7 Å². The van der Waals surface area contributed by atoms with Gasteiger partial charge < -0.3 is 10.0 Å². The van der Waals surface area contributed by atoms with Gasteiger partial charge in [0.25, 0.3) is 0 Å². The number of aliphatic hydroxyl groups excluding tert-OH is 1. The molecule has 3 unspecified atom stereocenters. The normalized spacial score (nSPS) is 32.9. The molecule has 1 aliphatic carbocycles. The van der Waals surface area contributed by atoms with E-state index < -0.39 is 0 Å². The lowest BCUT2D eigenvalue weighted by molar-refractivity contribution is -0.130. The molecular formula is C13H21NO3S. The second kappa shape index (κ2) is 6.06. The van der Waals surface area contributed by atoms with E-state index in [1.807, 2.05) is 4.90 Å². The molecule has 102 valence electrons. The maximum absolute atomic E-state index is 12.0. The summed E-state index contributed by atoms with van der Waals surface area (Å²) in [5.41, 5.74) is 0. The zero-order valence-corrected chi connectivity index (χ0v) is 11.6. The topological polar surface area (TPSA) is 57.6 Å². The predicted molar refractivity (Wildman–Crippen MR) is 71.2 cm³/mol. The van der Waals surface area contributed by atoms with Gasteiger partial charge in [0.05, 0.1) is 6.10 Å². The van der Waals surface area contributed by atoms with E-state index in [0.717, 1.165) is 38.0 Å². The molecule has 1 saturated heterocycles. The van der Waals surface area contributed by atoms with Crippen LogP contribution in [0.2, 0.25) is 0 Å². The van der Waals surface area contributed by atoms with Crippen LogP contribution < -0.4 is 0 Å². The van der Waals surface area contributed by atoms with E-state index in [1.54, 1.807) is 6.92 Å². The highest BCUT2D eigenvalue weighted by atomic mass is 32.2. The summed E-state index contributed by atoms with van der Waals surface area (Å²) < 4.78 is 0. The van der Waals surface area contributed by atoms with Crippen LogP contribution in [0.5, 0.6) is 0 Å². The van der Waals surface area contributed by atoms with Gasteiger partial charge in [-0.1, -0.05) is 11.8 Å². The van der Waals surface area contributed by atoms with E-state index in [0.29, 0.717) is 12.3 Å². The fourth-order valence-corrected chi connectivity index (χ4v) is 3.62. The van der Waals surface area contributed by atoms with Crippen molar-refractivity contribution in [3.05, 3.63) is 0 Å². The zero-order chi connectivity index (χ0) is 13.1. The molecule has 0 spiro atoms. The average molecular weight is 271 g/mol. The number of aliphatic hydroxyl groups is 1. The van der Waals surface area contributed by atoms with Crippen molar-refractivity contribution in [2.45, 2.75) is 51.2 Å². The summed E-state index contributed by atoms with van der Waals surface area (Å²) in [7, 11) is 0. The molecule has 2 fully saturated rings. The molecule has 0 aromatic heterocycles. The van der Waals surface area contributed by atoms with Gasteiger partial charge in [-0.25, -0.2) is 0 Å². The number of likely N-dealkylation sites (tertiary alicyclic amines) is 1. The third kappa shape index (κ3) is 3.48. The molecule has 1 aliphatic heterocycles. The first-order valence-corrected chi connectivity index (χ1v) is 7.65. The lowest BCUT2D eigenvalue weighted by Crippen LogP contribution is -2.41. The molecule has 1 saturated carbocycles. The van der Waals surface area contributed by atoms with Crippen molar-refractivity contribution in [1.82, 2.24) is 4.90 Å². The zero-order valence-electron chi connectivity index (χ0n) is 10.8. The van der Waals surface area contributed by atoms with E-state index in [4.69, 9.17) is 0 Å². The Balaban J connectivity index is 1.86. The Morgan fingerprint density at radius 1 is 1.50 bits per heavy atom. The minimum atomic E-state index is -0.248. The lowest BCUT2D eigenvalue weighted by atomic mass is 9.92. The van der Waals surface area contributed by atoms with Gasteiger partial charge in [-0.2, -0.15) is 0 Å². The van der Waals surface area contributed by atoms with Gasteiger partial charge in [-0.05, 0) is 31.6 Å². The fraction of sp³-hybridized carbons (Fsp3) is 0.846. The minimum absolute atomic E-state index is 0.119. The van der Waals surface area contributed by atoms with Gasteiger partial charge in [0, 0.05) is 31.7 Å². The van der Waals surface area contributed by atoms with Crippen LogP contribution in [0.25, 0.3) is 0 Å². The van der Waals surface area contributed by atoms with Crippen molar-refractivity contribution in [1.29, 1.82) is 0 Å². The number of carbonyl (C=O) groups excluding carboxylic acids is 2. The second-order valence-corrected chi connectivity index (χ2v) is 6.59. The standard InChI is InChI=1S/C13H21NO3S/c1-9(15)18-8-10-5-13(17)14(7-10)11-3-2-4-12(16)6-11/h10-12,16H,2-8H2,1H3. The predicted octanol–water partition coefficient (Wildman–Crippen LogP) is 1.42. The van der Waals surface area contributed by atoms with Crippen LogP contribution in [-0.2, 0) is 9.59 Å². The van der Waals surface area contributed by atoms with Crippen LogP contribution in [0.15, 0.2) is 0 Å². The van der Waals surface area contributed by atoms with Crippen molar-refractivity contribution in [3.8, 4) is 0 Å². The molecule has 0 aromatic carbocycles. The molecule has 3 atom stereocenters. The van der Waals surface area contributed by atoms with Gasteiger partial charge in [-0.15, -0.1) is 0 Å². The summed E-state index contributed by atoms with van der Waals surface area (Å²) in [4.78, 5) is 24.9. The molecule has 0 radical (unpaired) electrons. The molecule has 5 heteroatoms. The highest BCUT2D eigenvalue weighted by Crippen LogP contribution is 2.30. The van der Waals surface area contributed by atoms with Gasteiger partial charge >= 0.3 is 0 Å². The molecule has 1 amide bonds. The van der Waals surface area contributed by atoms with Gasteiger partial charge in [0.2, 0.25) is 5.91 Å². The maximum atomic E-state index is 12.0. The first kappa shape index (κ1) is 13.9. The van der Waals surface area contributed by atoms with Crippen molar-refractivity contribution in [3.63, 3.8) is 0 Å². The Labute approximate surface area is 112 Å². The third-order valence-corrected chi connectivity index (χ3v) is 4.87. The summed E-state index contributed by atoms with van der Waals surface area (Å²) in [6, 6.07) is 0.216. The molecule has 1 heterocycles. The molecule has 18 heavy (non-hydrogen) atoms. The molecular weight excluding hydrogens is 250 g/mol. The first-order valence-electron chi connectivity index (χ1n) is 6.67. The monoisotopic (exact) mass is 271 g/mol. The molecule has 1 N–H and O–H groups in total. The minimum Gasteiger partial charge on any atom is -0.393 e. The lowest BCUT2D eigenvalue weighted by Gasteiger charge is -2.33. The Hall–Kier alpha value is -0.550. The largest absolute Gasteiger partial charge is 0.393 e. The summed E-state index contributed by atoms with van der Waals surface area (Å²) in [5.74, 6) is 1.24. The van der Waals surface area contributed by atoms with Gasteiger partial charge in [0.15, 0.2) is 5.12 Å². The maximum Gasteiger partial charge on any atom is 0.223 e. The quantitative estimate of drug-likeness (QED) is 0.843. The fourth-order valence-electron chi connectivity index (χ4n) is 2.93. The van der Waals surface area contributed by atoms with E-state index in [-0.39, 0.29) is 23.2 Å². The summed E-state index contributed by atoms with van der Waals surface area (Å²) in [6.07, 6.45) is 3.91. The number of hydrogen-bond acceptors (Lipinski definition) is 4. The van der Waals surface area contributed by atoms with Crippen LogP contribution in [-0.4, -0.2) is 45.5 Å². The average Bonchev–Trinajstić information content (AvgIpc) is 2.68. The summed E-state index contributed by atoms with van der Waals surface area (Å²) in [5, 5.41) is 9.80. The Bertz CT molecular complexity index is 334. The summed E-state index contributed by atoms with van der Waals surface area (Å²) >= 11 is 1.31. The van der Waals surface area contributed by atoms with Crippen LogP contribution in [0.1, 0.15) is 39.0 Å². The number of carbonyl (C=O) groups is 2. The van der Waals surface area contributed by atoms with Gasteiger partial charge in [0.1, 0.15) is 0 Å². The van der Waals surface area contributed by atoms with Crippen LogP contribution in [0.4, 0.5) is 0 Å². The molecule has 0 aromatic rings. The number of nitrogens with zero attached hydrogens (tertiary/aromatic N) is 1. The molecule has 2 rings (SSSR count). The second-order valence-electron chi connectivity index (χ2n) is 5.39. The summed E-state index contributed by atoms with van der Waals surface area (Å²) in [6.45, 7) is 2.33. The number of amides is 1. The first-order chi connectivity index (χ1) is 8.56. The number of thioether (sulfide) groups is 1. The Morgan fingerprint density at radius 3 is 2.94 bits per heavy atom. The highest BCUT2D eigenvalue weighted by Gasteiger charge is 2.36. The Morgan fingerprint density at radius 2 is 2.28 bits per heavy atom. The van der Waals surface area contributed by atoms with Crippen LogP contribution in [0, 0.1) is 5.92 Å². The van der Waals surface area contributed by atoms with E-state index >= 15 is 0 Å². The van der Waals surface area contributed by atoms with Crippen LogP contribution >= 0.6 is 11.8 Å². The third-order valence-electron chi connectivity index (χ3n) is 3.82. The van der Waals surface area contributed by atoms with Crippen molar-refractivity contribution in [2.24, 2.45) is 5.92 Å².